The summed E-state index contributed by atoms with van der Waals surface area (Å²) in [6, 6.07) is 30.0. The molecule has 5 aromatic rings. The molecule has 0 unspecified atom stereocenters. The van der Waals surface area contributed by atoms with Crippen LogP contribution in [0.1, 0.15) is 27.0 Å². The molecular weight excluding hydrogens is 496 g/mol. The molecule has 4 aromatic carbocycles. The van der Waals surface area contributed by atoms with Gasteiger partial charge in [0, 0.05) is 33.8 Å². The molecule has 1 amide bonds. The normalized spacial score (nSPS) is 11.7. The fraction of sp³-hybridized carbons (Fsp3) is 0.0968. The van der Waals surface area contributed by atoms with Gasteiger partial charge in [-0.2, -0.15) is 0 Å². The maximum Gasteiger partial charge on any atom is 0.255 e. The lowest BCUT2D eigenvalue weighted by molar-refractivity contribution is 0.102. The van der Waals surface area contributed by atoms with Crippen LogP contribution in [0, 0.1) is 0 Å². The summed E-state index contributed by atoms with van der Waals surface area (Å²) < 4.78 is 0. The molecule has 0 atom stereocenters. The molecule has 1 heterocycles. The molecule has 0 aliphatic rings. The van der Waals surface area contributed by atoms with Crippen LogP contribution in [0.25, 0.3) is 10.9 Å². The molecule has 0 fully saturated rings. The number of halogens is 1. The molecule has 6 nitrogen and oxygen atoms in total. The Labute approximate surface area is 226 Å². The third-order valence-corrected chi connectivity index (χ3v) is 6.34. The summed E-state index contributed by atoms with van der Waals surface area (Å²) in [6.07, 6.45) is 0. The van der Waals surface area contributed by atoms with Crippen molar-refractivity contribution < 1.29 is 9.90 Å². The zero-order valence-electron chi connectivity index (χ0n) is 21.1. The lowest BCUT2D eigenvalue weighted by Gasteiger charge is -2.11. The maximum absolute atomic E-state index is 12.6. The van der Waals surface area contributed by atoms with Crippen molar-refractivity contribution in [2.75, 3.05) is 19.4 Å². The quantitative estimate of drug-likeness (QED) is 0.201. The number of nitrogens with zero attached hydrogens (tertiary/aromatic N) is 2. The molecule has 0 bridgehead atoms. The predicted octanol–water partition coefficient (Wildman–Crippen LogP) is 7.01. The van der Waals surface area contributed by atoms with E-state index >= 15 is 0 Å². The van der Waals surface area contributed by atoms with Crippen LogP contribution in [0.4, 0.5) is 11.4 Å². The first-order valence-corrected chi connectivity index (χ1v) is 12.5. The van der Waals surface area contributed by atoms with E-state index in [-0.39, 0.29) is 11.8 Å². The van der Waals surface area contributed by atoms with Crippen LogP contribution in [0.5, 0.6) is 5.88 Å². The molecule has 38 heavy (non-hydrogen) atoms. The number of nitrogens with one attached hydrogen (secondary N) is 2. The van der Waals surface area contributed by atoms with Crippen LogP contribution >= 0.6 is 11.6 Å². The van der Waals surface area contributed by atoms with Gasteiger partial charge in [-0.25, -0.2) is 4.99 Å². The van der Waals surface area contributed by atoms with Gasteiger partial charge in [0.15, 0.2) is 5.88 Å². The first-order chi connectivity index (χ1) is 18.4. The average Bonchev–Trinajstić information content (AvgIpc) is 3.23. The highest BCUT2D eigenvalue weighted by atomic mass is 35.5. The third kappa shape index (κ3) is 5.62. The van der Waals surface area contributed by atoms with E-state index in [1.165, 1.54) is 5.56 Å². The minimum absolute atomic E-state index is 0.00621. The smallest absolute Gasteiger partial charge is 0.255 e. The van der Waals surface area contributed by atoms with E-state index in [1.807, 2.05) is 86.9 Å². The molecule has 0 saturated carbocycles. The second-order valence-electron chi connectivity index (χ2n) is 9.30. The zero-order chi connectivity index (χ0) is 26.6. The van der Waals surface area contributed by atoms with Crippen molar-refractivity contribution in [2.24, 2.45) is 4.99 Å². The van der Waals surface area contributed by atoms with Crippen molar-refractivity contribution in [3.8, 4) is 5.88 Å². The number of fused-ring (bicyclic) bond motifs is 1. The van der Waals surface area contributed by atoms with Gasteiger partial charge in [-0.15, -0.1) is 0 Å². The number of carbonyl (C=O) groups is 1. The van der Waals surface area contributed by atoms with E-state index in [4.69, 9.17) is 16.6 Å². The molecule has 0 aliphatic heterocycles. The number of carbonyl (C=O) groups excluding carboxylic acids is 1. The summed E-state index contributed by atoms with van der Waals surface area (Å²) in [5.41, 5.74) is 5.85. The van der Waals surface area contributed by atoms with Crippen molar-refractivity contribution in [1.29, 1.82) is 0 Å². The topological polar surface area (TPSA) is 80.7 Å². The van der Waals surface area contributed by atoms with Crippen molar-refractivity contribution in [2.45, 2.75) is 6.54 Å². The maximum atomic E-state index is 12.6. The largest absolute Gasteiger partial charge is 0.494 e. The monoisotopic (exact) mass is 522 g/mol. The van der Waals surface area contributed by atoms with Gasteiger partial charge in [-0.3, -0.25) is 4.79 Å². The Balaban J connectivity index is 1.54. The molecule has 0 radical (unpaired) electrons. The Morgan fingerprint density at radius 1 is 0.921 bits per heavy atom. The number of aromatic nitrogens is 1. The average molecular weight is 523 g/mol. The van der Waals surface area contributed by atoms with Crippen LogP contribution in [0.2, 0.25) is 5.02 Å². The van der Waals surface area contributed by atoms with Gasteiger partial charge < -0.3 is 20.3 Å². The summed E-state index contributed by atoms with van der Waals surface area (Å²) >= 11 is 6.19. The van der Waals surface area contributed by atoms with E-state index in [1.54, 1.807) is 24.3 Å². The Hall–Kier alpha value is -4.39. The highest BCUT2D eigenvalue weighted by molar-refractivity contribution is 6.31. The SMILES string of the molecule is CN(C)Cc1ccc(N=C(c2ccc(NC(=O)c3ccccc3)cc2)c2c(O)[nH]c3cc(Cl)ccc23)cc1. The molecule has 0 saturated heterocycles. The Kier molecular flexibility index (Phi) is 7.26. The first-order valence-electron chi connectivity index (χ1n) is 12.2. The minimum atomic E-state index is -0.184. The van der Waals surface area contributed by atoms with Gasteiger partial charge in [0.25, 0.3) is 5.91 Å². The molecule has 3 N–H and O–H groups in total. The molecule has 1 aromatic heterocycles. The van der Waals surface area contributed by atoms with Gasteiger partial charge in [0.05, 0.1) is 22.5 Å². The lowest BCUT2D eigenvalue weighted by Crippen LogP contribution is -2.12. The molecule has 0 spiro atoms. The van der Waals surface area contributed by atoms with Gasteiger partial charge in [-0.1, -0.05) is 60.1 Å². The summed E-state index contributed by atoms with van der Waals surface area (Å²) in [7, 11) is 4.06. The molecular formula is C31H27ClN4O2. The minimum Gasteiger partial charge on any atom is -0.494 e. The number of aromatic amines is 1. The van der Waals surface area contributed by atoms with Crippen LogP contribution < -0.4 is 5.32 Å². The van der Waals surface area contributed by atoms with E-state index in [0.29, 0.717) is 33.1 Å². The molecule has 7 heteroatoms. The van der Waals surface area contributed by atoms with Crippen molar-refractivity contribution in [3.05, 3.63) is 124 Å². The van der Waals surface area contributed by atoms with Crippen LogP contribution in [-0.2, 0) is 6.54 Å². The number of hydrogen-bond donors (Lipinski definition) is 3. The van der Waals surface area contributed by atoms with Crippen molar-refractivity contribution in [1.82, 2.24) is 9.88 Å². The standard InChI is InChI=1S/C31H27ClN4O2/c1-36(2)19-20-8-13-24(14-9-20)33-29(28-26-17-12-23(32)18-27(26)35-31(28)38)21-10-15-25(16-11-21)34-30(37)22-6-4-3-5-7-22/h3-18,35,38H,19H2,1-2H3,(H,34,37). The Morgan fingerprint density at radius 2 is 1.63 bits per heavy atom. The number of anilines is 1. The molecule has 190 valence electrons. The number of aliphatic imine (C=N–C) groups is 1. The number of aromatic hydroxyl groups is 1. The van der Waals surface area contributed by atoms with Crippen molar-refractivity contribution in [3.63, 3.8) is 0 Å². The fourth-order valence-corrected chi connectivity index (χ4v) is 4.51. The number of hydrogen-bond acceptors (Lipinski definition) is 4. The zero-order valence-corrected chi connectivity index (χ0v) is 21.8. The molecule has 0 aliphatic carbocycles. The second kappa shape index (κ2) is 10.9. The van der Waals surface area contributed by atoms with E-state index < -0.39 is 0 Å². The lowest BCUT2D eigenvalue weighted by atomic mass is 10.0. The first kappa shape index (κ1) is 25.3. The number of amides is 1. The van der Waals surface area contributed by atoms with E-state index in [0.717, 1.165) is 23.2 Å². The number of H-pyrrole nitrogens is 1. The van der Waals surface area contributed by atoms with Gasteiger partial charge >= 0.3 is 0 Å². The van der Waals surface area contributed by atoms with E-state index in [9.17, 15) is 9.90 Å². The van der Waals surface area contributed by atoms with Gasteiger partial charge in [0.1, 0.15) is 0 Å². The second-order valence-corrected chi connectivity index (χ2v) is 9.74. The highest BCUT2D eigenvalue weighted by Crippen LogP contribution is 2.33. The van der Waals surface area contributed by atoms with E-state index in [2.05, 4.69) is 15.2 Å². The van der Waals surface area contributed by atoms with Gasteiger partial charge in [-0.05, 0) is 68.2 Å². The van der Waals surface area contributed by atoms with Gasteiger partial charge in [0.2, 0.25) is 0 Å². The summed E-state index contributed by atoms with van der Waals surface area (Å²) in [4.78, 5) is 22.7. The van der Waals surface area contributed by atoms with Crippen LogP contribution in [-0.4, -0.2) is 40.7 Å². The fourth-order valence-electron chi connectivity index (χ4n) is 4.33. The number of benzene rings is 4. The third-order valence-electron chi connectivity index (χ3n) is 6.11. The highest BCUT2D eigenvalue weighted by Gasteiger charge is 2.19. The predicted molar refractivity (Wildman–Crippen MR) is 155 cm³/mol. The Bertz CT molecular complexity index is 1610. The van der Waals surface area contributed by atoms with Crippen LogP contribution in [0.15, 0.2) is 102 Å². The summed E-state index contributed by atoms with van der Waals surface area (Å²) in [5.74, 6) is -0.178. The number of rotatable bonds is 7. The Morgan fingerprint density at radius 3 is 2.32 bits per heavy atom. The summed E-state index contributed by atoms with van der Waals surface area (Å²) in [5, 5.41) is 15.2. The summed E-state index contributed by atoms with van der Waals surface area (Å²) in [6.45, 7) is 0.830. The van der Waals surface area contributed by atoms with Crippen molar-refractivity contribution >= 4 is 45.5 Å². The van der Waals surface area contributed by atoms with Crippen LogP contribution in [0.3, 0.4) is 0 Å². The molecule has 5 rings (SSSR count).